The molecule has 2 saturated carbocycles. The quantitative estimate of drug-likeness (QED) is 0.698. The molecule has 0 radical (unpaired) electrons. The Morgan fingerprint density at radius 2 is 2.10 bits per heavy atom. The normalized spacial score (nSPS) is 23.4. The van der Waals surface area contributed by atoms with Gasteiger partial charge in [0, 0.05) is 42.4 Å². The fourth-order valence-corrected chi connectivity index (χ4v) is 4.81. The minimum absolute atomic E-state index is 0.214. The van der Waals surface area contributed by atoms with Gasteiger partial charge < -0.3 is 15.4 Å². The molecule has 6 rings (SSSR count). The molecule has 3 fully saturated rings. The van der Waals surface area contributed by atoms with Gasteiger partial charge in [-0.05, 0) is 43.2 Å². The number of anilines is 1. The number of nitrogens with one attached hydrogen (secondary N) is 2. The molecule has 0 unspecified atom stereocenters. The van der Waals surface area contributed by atoms with E-state index >= 15 is 0 Å². The van der Waals surface area contributed by atoms with Crippen LogP contribution in [0.15, 0.2) is 36.7 Å². The van der Waals surface area contributed by atoms with Crippen molar-refractivity contribution in [2.45, 2.75) is 44.1 Å². The van der Waals surface area contributed by atoms with Crippen LogP contribution in [0.2, 0.25) is 0 Å². The summed E-state index contributed by atoms with van der Waals surface area (Å²) in [5.74, 6) is 1.88. The summed E-state index contributed by atoms with van der Waals surface area (Å²) in [5.41, 5.74) is 4.77. The molecule has 2 aliphatic carbocycles. The number of hydrogen-bond donors (Lipinski definition) is 2. The molecular weight excluding hydrogens is 362 g/mol. The molecule has 29 heavy (non-hydrogen) atoms. The Morgan fingerprint density at radius 3 is 2.86 bits per heavy atom. The fourth-order valence-electron chi connectivity index (χ4n) is 4.81. The highest BCUT2D eigenvalue weighted by molar-refractivity contribution is 5.64. The number of pyridine rings is 2. The first-order valence-corrected chi connectivity index (χ1v) is 10.6. The fraction of sp³-hybridized carbons (Fsp3) is 0.478. The molecule has 6 heteroatoms. The standard InChI is InChI=1S/C23H27N5O/c1-22(6-7-22)15-13-28-17(11-25-21(28)10-18(15)29-2)16-4-3-5-20(26-16)27-19-12-24-14-23(19)8-9-23/h3-5,10-11,13,19,24H,6-9,12,14H2,1-2H3,(H,26,27)/t19-/m0/s1. The summed E-state index contributed by atoms with van der Waals surface area (Å²) < 4.78 is 7.83. The van der Waals surface area contributed by atoms with E-state index in [1.165, 1.54) is 31.2 Å². The average molecular weight is 390 g/mol. The van der Waals surface area contributed by atoms with Gasteiger partial charge in [0.25, 0.3) is 0 Å². The van der Waals surface area contributed by atoms with Crippen LogP contribution in [0.3, 0.4) is 0 Å². The molecular formula is C23H27N5O. The Morgan fingerprint density at radius 1 is 1.24 bits per heavy atom. The third kappa shape index (κ3) is 2.73. The van der Waals surface area contributed by atoms with Crippen LogP contribution >= 0.6 is 0 Å². The molecule has 0 amide bonds. The van der Waals surface area contributed by atoms with Gasteiger partial charge >= 0.3 is 0 Å². The van der Waals surface area contributed by atoms with Crippen molar-refractivity contribution in [3.63, 3.8) is 0 Å². The first-order chi connectivity index (χ1) is 14.1. The SMILES string of the molecule is COc1cc2ncc(-c3cccc(N[C@H]4CNCC45CC5)n3)n2cc1C1(C)CC1. The minimum Gasteiger partial charge on any atom is -0.496 e. The number of ether oxygens (including phenoxy) is 1. The van der Waals surface area contributed by atoms with Gasteiger partial charge in [-0.3, -0.25) is 4.40 Å². The monoisotopic (exact) mass is 389 g/mol. The average Bonchev–Trinajstić information content (AvgIpc) is 3.59. The van der Waals surface area contributed by atoms with Crippen LogP contribution in [-0.2, 0) is 5.41 Å². The van der Waals surface area contributed by atoms with Gasteiger partial charge in [-0.25, -0.2) is 9.97 Å². The van der Waals surface area contributed by atoms with Crippen molar-refractivity contribution in [1.29, 1.82) is 0 Å². The first-order valence-electron chi connectivity index (χ1n) is 10.6. The largest absolute Gasteiger partial charge is 0.496 e. The molecule has 1 aliphatic heterocycles. The van der Waals surface area contributed by atoms with E-state index in [4.69, 9.17) is 9.72 Å². The van der Waals surface area contributed by atoms with Crippen molar-refractivity contribution in [3.8, 4) is 17.1 Å². The molecule has 1 atom stereocenters. The van der Waals surface area contributed by atoms with Crippen LogP contribution in [-0.4, -0.2) is 40.6 Å². The van der Waals surface area contributed by atoms with E-state index < -0.39 is 0 Å². The summed E-state index contributed by atoms with van der Waals surface area (Å²) in [5, 5.41) is 7.22. The third-order valence-corrected chi connectivity index (χ3v) is 7.27. The van der Waals surface area contributed by atoms with E-state index in [-0.39, 0.29) is 5.41 Å². The Kier molecular flexibility index (Phi) is 3.55. The van der Waals surface area contributed by atoms with E-state index in [1.807, 2.05) is 12.3 Å². The Labute approximate surface area is 170 Å². The second-order valence-corrected chi connectivity index (χ2v) is 9.29. The van der Waals surface area contributed by atoms with Gasteiger partial charge in [-0.2, -0.15) is 0 Å². The number of rotatable bonds is 5. The van der Waals surface area contributed by atoms with Gasteiger partial charge in [0.1, 0.15) is 17.2 Å². The van der Waals surface area contributed by atoms with Crippen molar-refractivity contribution >= 4 is 11.5 Å². The Hall–Kier alpha value is -2.60. The third-order valence-electron chi connectivity index (χ3n) is 7.27. The summed E-state index contributed by atoms with van der Waals surface area (Å²) in [6.45, 7) is 4.45. The Bertz CT molecular complexity index is 1100. The maximum atomic E-state index is 5.67. The molecule has 0 bridgehead atoms. The molecule has 3 aromatic heterocycles. The number of nitrogens with zero attached hydrogens (tertiary/aromatic N) is 3. The van der Waals surface area contributed by atoms with Crippen LogP contribution in [0.4, 0.5) is 5.82 Å². The highest BCUT2D eigenvalue weighted by Crippen LogP contribution is 2.52. The van der Waals surface area contributed by atoms with Crippen LogP contribution in [0, 0.1) is 5.41 Å². The van der Waals surface area contributed by atoms with Crippen LogP contribution in [0.1, 0.15) is 38.2 Å². The van der Waals surface area contributed by atoms with Gasteiger partial charge in [0.15, 0.2) is 0 Å². The zero-order chi connectivity index (χ0) is 19.6. The van der Waals surface area contributed by atoms with Crippen molar-refractivity contribution in [2.24, 2.45) is 5.41 Å². The van der Waals surface area contributed by atoms with Crippen LogP contribution in [0.25, 0.3) is 17.0 Å². The number of methoxy groups -OCH3 is 1. The number of aromatic nitrogens is 3. The van der Waals surface area contributed by atoms with E-state index in [9.17, 15) is 0 Å². The molecule has 150 valence electrons. The van der Waals surface area contributed by atoms with Gasteiger partial charge in [0.05, 0.1) is 24.7 Å². The van der Waals surface area contributed by atoms with E-state index in [0.717, 1.165) is 41.7 Å². The molecule has 1 spiro atoms. The highest BCUT2D eigenvalue weighted by Gasteiger charge is 2.52. The van der Waals surface area contributed by atoms with Crippen molar-refractivity contribution in [3.05, 3.63) is 42.2 Å². The van der Waals surface area contributed by atoms with Crippen molar-refractivity contribution < 1.29 is 4.74 Å². The molecule has 4 heterocycles. The van der Waals surface area contributed by atoms with E-state index in [0.29, 0.717) is 11.5 Å². The van der Waals surface area contributed by atoms with Crippen molar-refractivity contribution in [2.75, 3.05) is 25.5 Å². The number of fused-ring (bicyclic) bond motifs is 1. The van der Waals surface area contributed by atoms with Crippen LogP contribution < -0.4 is 15.4 Å². The molecule has 3 aromatic rings. The molecule has 1 saturated heterocycles. The van der Waals surface area contributed by atoms with E-state index in [2.05, 4.69) is 51.3 Å². The van der Waals surface area contributed by atoms with E-state index in [1.54, 1.807) is 7.11 Å². The summed E-state index contributed by atoms with van der Waals surface area (Å²) in [4.78, 5) is 9.57. The zero-order valence-corrected chi connectivity index (χ0v) is 17.0. The summed E-state index contributed by atoms with van der Waals surface area (Å²) in [7, 11) is 1.74. The summed E-state index contributed by atoms with van der Waals surface area (Å²) in [6, 6.07) is 8.74. The first kappa shape index (κ1) is 17.3. The maximum Gasteiger partial charge on any atom is 0.140 e. The lowest BCUT2D eigenvalue weighted by atomic mass is 9.99. The summed E-state index contributed by atoms with van der Waals surface area (Å²) >= 11 is 0. The molecule has 0 aromatic carbocycles. The minimum atomic E-state index is 0.214. The van der Waals surface area contributed by atoms with Gasteiger partial charge in [0.2, 0.25) is 0 Å². The van der Waals surface area contributed by atoms with Gasteiger partial charge in [-0.15, -0.1) is 0 Å². The molecule has 2 N–H and O–H groups in total. The molecule has 6 nitrogen and oxygen atoms in total. The smallest absolute Gasteiger partial charge is 0.140 e. The van der Waals surface area contributed by atoms with Crippen LogP contribution in [0.5, 0.6) is 5.75 Å². The van der Waals surface area contributed by atoms with Crippen molar-refractivity contribution in [1.82, 2.24) is 19.7 Å². The lowest BCUT2D eigenvalue weighted by Gasteiger charge is -2.20. The lowest BCUT2D eigenvalue weighted by Crippen LogP contribution is -2.29. The predicted octanol–water partition coefficient (Wildman–Crippen LogP) is 3.62. The van der Waals surface area contributed by atoms with Gasteiger partial charge in [-0.1, -0.05) is 13.0 Å². The Balaban J connectivity index is 1.38. The number of imidazole rings is 1. The zero-order valence-electron chi connectivity index (χ0n) is 17.0. The second kappa shape index (κ2) is 5.95. The topological polar surface area (TPSA) is 63.5 Å². The number of hydrogen-bond acceptors (Lipinski definition) is 5. The predicted molar refractivity (Wildman–Crippen MR) is 114 cm³/mol. The highest BCUT2D eigenvalue weighted by atomic mass is 16.5. The molecule has 3 aliphatic rings. The second-order valence-electron chi connectivity index (χ2n) is 9.29. The lowest BCUT2D eigenvalue weighted by molar-refractivity contribution is 0.405. The summed E-state index contributed by atoms with van der Waals surface area (Å²) in [6.07, 6.45) is 9.15. The maximum absolute atomic E-state index is 5.67.